The molecule has 0 amide bonds. The van der Waals surface area contributed by atoms with Crippen LogP contribution in [0.15, 0.2) is 60.7 Å². The summed E-state index contributed by atoms with van der Waals surface area (Å²) in [5.74, 6) is 5.44. The highest BCUT2D eigenvalue weighted by Gasteiger charge is 2.34. The first-order chi connectivity index (χ1) is 22.4. The minimum absolute atomic E-state index is 0.0209. The quantitative estimate of drug-likeness (QED) is 0.238. The van der Waals surface area contributed by atoms with Crippen LogP contribution in [0.1, 0.15) is 45.5 Å². The van der Waals surface area contributed by atoms with E-state index in [1.54, 1.807) is 28.4 Å². The number of rotatable bonds is 4. The van der Waals surface area contributed by atoms with Gasteiger partial charge in [0.1, 0.15) is 5.75 Å². The van der Waals surface area contributed by atoms with Gasteiger partial charge in [0.2, 0.25) is 5.75 Å². The van der Waals surface area contributed by atoms with Crippen molar-refractivity contribution in [3.63, 3.8) is 0 Å². The second kappa shape index (κ2) is 12.4. The molecule has 6 bridgehead atoms. The van der Waals surface area contributed by atoms with E-state index in [-0.39, 0.29) is 12.1 Å². The molecule has 8 nitrogen and oxygen atoms in total. The lowest BCUT2D eigenvalue weighted by atomic mass is 9.87. The highest BCUT2D eigenvalue weighted by molar-refractivity contribution is 5.62. The summed E-state index contributed by atoms with van der Waals surface area (Å²) in [5.41, 5.74) is 7.19. The molecule has 0 spiro atoms. The fourth-order valence-corrected chi connectivity index (χ4v) is 7.27. The van der Waals surface area contributed by atoms with Crippen LogP contribution in [0.4, 0.5) is 0 Å². The Hall–Kier alpha value is -4.40. The molecule has 0 saturated carbocycles. The molecule has 0 unspecified atom stereocenters. The SMILES string of the molecule is COc1ccc2cc1Oc1cc3c(cc1OC)CCN(C)[C@@H]3Cc1ccc(cc1)Oc1c(OC)c(OC)cc3c1[C@@H](C2)N(C)CC3. The molecule has 8 heteroatoms. The lowest BCUT2D eigenvalue weighted by Gasteiger charge is -2.37. The number of hydrogen-bond acceptors (Lipinski definition) is 8. The van der Waals surface area contributed by atoms with Crippen LogP contribution in [0.2, 0.25) is 0 Å². The molecule has 0 aliphatic carbocycles. The van der Waals surface area contributed by atoms with E-state index < -0.39 is 0 Å². The highest BCUT2D eigenvalue weighted by atomic mass is 16.5. The Morgan fingerprint density at radius 3 is 1.96 bits per heavy atom. The number of likely N-dealkylation sites (N-methyl/N-ethyl adjacent to an activating group) is 2. The van der Waals surface area contributed by atoms with Gasteiger partial charge in [-0.1, -0.05) is 18.2 Å². The highest BCUT2D eigenvalue weighted by Crippen LogP contribution is 2.50. The van der Waals surface area contributed by atoms with Crippen LogP contribution < -0.4 is 28.4 Å². The van der Waals surface area contributed by atoms with E-state index in [1.165, 1.54) is 22.3 Å². The van der Waals surface area contributed by atoms with Crippen molar-refractivity contribution >= 4 is 0 Å². The van der Waals surface area contributed by atoms with Gasteiger partial charge in [-0.2, -0.15) is 0 Å². The van der Waals surface area contributed by atoms with Crippen molar-refractivity contribution in [1.82, 2.24) is 9.80 Å². The Morgan fingerprint density at radius 1 is 0.609 bits per heavy atom. The Bertz CT molecular complexity index is 1750. The normalized spacial score (nSPS) is 19.2. The first kappa shape index (κ1) is 30.3. The number of nitrogens with zero attached hydrogens (tertiary/aromatic N) is 2. The Balaban J connectivity index is 1.43. The van der Waals surface area contributed by atoms with E-state index in [2.05, 4.69) is 78.5 Å². The maximum absolute atomic E-state index is 6.77. The standard InChI is InChI=1S/C38H42N2O6/c1-39-15-13-25-20-32(42-4)34-22-28(25)29(39)17-23-7-10-27(11-8-23)45-38-36-26(21-35(43-5)37(38)44-6)14-16-40(2)30(36)18-24-9-12-31(41-3)33(19-24)46-34/h7-12,19-22,29-30H,13-18H2,1-6H3/t29-,30-/m1/s1. The minimum Gasteiger partial charge on any atom is -0.493 e. The molecule has 4 aromatic carbocycles. The molecule has 0 fully saturated rings. The van der Waals surface area contributed by atoms with Crippen molar-refractivity contribution < 1.29 is 28.4 Å². The maximum Gasteiger partial charge on any atom is 0.204 e. The summed E-state index contributed by atoms with van der Waals surface area (Å²) in [6.07, 6.45) is 3.40. The Kier molecular flexibility index (Phi) is 8.17. The number of benzene rings is 4. The summed E-state index contributed by atoms with van der Waals surface area (Å²) in [5, 5.41) is 0. The van der Waals surface area contributed by atoms with Crippen LogP contribution in [0, 0.1) is 0 Å². The van der Waals surface area contributed by atoms with Crippen molar-refractivity contribution in [3.05, 3.63) is 94.0 Å². The minimum atomic E-state index is 0.0209. The monoisotopic (exact) mass is 622 g/mol. The summed E-state index contributed by atoms with van der Waals surface area (Å²) in [4.78, 5) is 4.81. The van der Waals surface area contributed by atoms with Crippen LogP contribution in [-0.4, -0.2) is 65.4 Å². The maximum atomic E-state index is 6.77. The Morgan fingerprint density at radius 2 is 1.24 bits per heavy atom. The van der Waals surface area contributed by atoms with E-state index in [0.717, 1.165) is 61.4 Å². The second-order valence-electron chi connectivity index (χ2n) is 12.5. The first-order valence-electron chi connectivity index (χ1n) is 15.9. The summed E-state index contributed by atoms with van der Waals surface area (Å²) >= 11 is 0. The average molecular weight is 623 g/mol. The molecule has 4 heterocycles. The molecule has 4 aromatic rings. The van der Waals surface area contributed by atoms with E-state index in [4.69, 9.17) is 28.4 Å². The molecular formula is C38H42N2O6. The van der Waals surface area contributed by atoms with Gasteiger partial charge < -0.3 is 28.4 Å². The molecule has 8 rings (SSSR count). The number of ether oxygens (including phenoxy) is 6. The van der Waals surface area contributed by atoms with Gasteiger partial charge >= 0.3 is 0 Å². The summed E-state index contributed by atoms with van der Waals surface area (Å²) in [6, 6.07) is 21.3. The third-order valence-electron chi connectivity index (χ3n) is 9.85. The van der Waals surface area contributed by atoms with Crippen molar-refractivity contribution in [2.45, 2.75) is 37.8 Å². The Labute approximate surface area is 271 Å². The molecule has 4 aliphatic rings. The molecule has 0 aromatic heterocycles. The summed E-state index contributed by atoms with van der Waals surface area (Å²) in [6.45, 7) is 1.87. The van der Waals surface area contributed by atoms with Crippen LogP contribution in [0.5, 0.6) is 46.0 Å². The third kappa shape index (κ3) is 5.39. The largest absolute Gasteiger partial charge is 0.493 e. The predicted octanol–water partition coefficient (Wildman–Crippen LogP) is 7.16. The van der Waals surface area contributed by atoms with Gasteiger partial charge in [-0.3, -0.25) is 9.80 Å². The van der Waals surface area contributed by atoms with Gasteiger partial charge in [-0.25, -0.2) is 0 Å². The van der Waals surface area contributed by atoms with Crippen molar-refractivity contribution in [2.24, 2.45) is 0 Å². The van der Waals surface area contributed by atoms with Crippen molar-refractivity contribution in [1.29, 1.82) is 0 Å². The third-order valence-corrected chi connectivity index (χ3v) is 9.85. The van der Waals surface area contributed by atoms with Gasteiger partial charge in [-0.05, 0) is 110 Å². The molecule has 0 saturated heterocycles. The number of hydrogen-bond donors (Lipinski definition) is 0. The fraction of sp³-hybridized carbons (Fsp3) is 0.368. The van der Waals surface area contributed by atoms with Gasteiger partial charge in [0.15, 0.2) is 34.5 Å². The molecule has 4 aliphatic heterocycles. The van der Waals surface area contributed by atoms with Gasteiger partial charge in [0.25, 0.3) is 0 Å². The molecule has 46 heavy (non-hydrogen) atoms. The first-order valence-corrected chi connectivity index (χ1v) is 15.9. The van der Waals surface area contributed by atoms with Crippen LogP contribution >= 0.6 is 0 Å². The fourth-order valence-electron chi connectivity index (χ4n) is 7.27. The summed E-state index contributed by atoms with van der Waals surface area (Å²) in [7, 11) is 11.1. The number of methoxy groups -OCH3 is 4. The predicted molar refractivity (Wildman–Crippen MR) is 178 cm³/mol. The van der Waals surface area contributed by atoms with Crippen LogP contribution in [-0.2, 0) is 25.7 Å². The van der Waals surface area contributed by atoms with E-state index in [9.17, 15) is 0 Å². The zero-order valence-electron chi connectivity index (χ0n) is 27.5. The van der Waals surface area contributed by atoms with E-state index in [0.29, 0.717) is 34.5 Å². The lowest BCUT2D eigenvalue weighted by molar-refractivity contribution is 0.221. The molecule has 240 valence electrons. The number of fused-ring (bicyclic) bond motifs is 2. The molecular weight excluding hydrogens is 580 g/mol. The van der Waals surface area contributed by atoms with Gasteiger partial charge in [0.05, 0.1) is 28.4 Å². The zero-order chi connectivity index (χ0) is 31.9. The zero-order valence-corrected chi connectivity index (χ0v) is 27.5. The molecule has 0 N–H and O–H groups in total. The average Bonchev–Trinajstić information content (AvgIpc) is 3.07. The smallest absolute Gasteiger partial charge is 0.204 e. The van der Waals surface area contributed by atoms with Crippen LogP contribution in [0.25, 0.3) is 0 Å². The second-order valence-corrected chi connectivity index (χ2v) is 12.5. The summed E-state index contributed by atoms with van der Waals surface area (Å²) < 4.78 is 36.9. The van der Waals surface area contributed by atoms with E-state index >= 15 is 0 Å². The van der Waals surface area contributed by atoms with Crippen LogP contribution in [0.3, 0.4) is 0 Å². The van der Waals surface area contributed by atoms with Crippen molar-refractivity contribution in [2.75, 3.05) is 55.6 Å². The topological polar surface area (TPSA) is 61.9 Å². The van der Waals surface area contributed by atoms with Crippen molar-refractivity contribution in [3.8, 4) is 46.0 Å². The van der Waals surface area contributed by atoms with Gasteiger partial charge in [-0.15, -0.1) is 0 Å². The molecule has 0 radical (unpaired) electrons. The molecule has 2 atom stereocenters. The van der Waals surface area contributed by atoms with E-state index in [1.807, 2.05) is 6.07 Å². The van der Waals surface area contributed by atoms with Gasteiger partial charge in [0, 0.05) is 30.7 Å². The lowest BCUT2D eigenvalue weighted by Crippen LogP contribution is -2.34.